The van der Waals surface area contributed by atoms with E-state index in [-0.39, 0.29) is 19.3 Å². The average Bonchev–Trinajstić information content (AvgIpc) is 3.08. The Morgan fingerprint density at radius 3 is 2.33 bits per heavy atom. The number of benzene rings is 3. The number of esters is 1. The van der Waals surface area contributed by atoms with Crippen LogP contribution in [0.3, 0.4) is 0 Å². The molecule has 0 aliphatic carbocycles. The summed E-state index contributed by atoms with van der Waals surface area (Å²) < 4.78 is 54.0. The van der Waals surface area contributed by atoms with E-state index in [1.807, 2.05) is 55.5 Å². The van der Waals surface area contributed by atoms with E-state index in [1.54, 1.807) is 25.4 Å². The first-order valence-corrected chi connectivity index (χ1v) is 17.1. The number of anilines is 1. The Bertz CT molecular complexity index is 1790. The molecule has 0 saturated carbocycles. The van der Waals surface area contributed by atoms with Gasteiger partial charge >= 0.3 is 18.2 Å². The van der Waals surface area contributed by atoms with Crippen LogP contribution in [0.1, 0.15) is 72.4 Å². The van der Waals surface area contributed by atoms with Gasteiger partial charge in [0.15, 0.2) is 0 Å². The number of nitrogens with zero attached hydrogens (tertiary/aromatic N) is 3. The van der Waals surface area contributed by atoms with E-state index < -0.39 is 35.9 Å². The third kappa shape index (κ3) is 9.14. The second-order valence-electron chi connectivity index (χ2n) is 11.3. The molecule has 13 heteroatoms. The third-order valence-electron chi connectivity index (χ3n) is 7.97. The van der Waals surface area contributed by atoms with Crippen LogP contribution in [0.25, 0.3) is 6.08 Å². The predicted octanol–water partition coefficient (Wildman–Crippen LogP) is 9.34. The molecule has 1 unspecified atom stereocenters. The van der Waals surface area contributed by atoms with E-state index in [0.717, 1.165) is 32.2 Å². The molecule has 0 saturated heterocycles. The van der Waals surface area contributed by atoms with Gasteiger partial charge in [0.25, 0.3) is 0 Å². The van der Waals surface area contributed by atoms with Crippen molar-refractivity contribution in [1.82, 2.24) is 15.3 Å². The van der Waals surface area contributed by atoms with Crippen LogP contribution in [0, 0.1) is 0 Å². The van der Waals surface area contributed by atoms with Gasteiger partial charge in [-0.3, -0.25) is 10.2 Å². The summed E-state index contributed by atoms with van der Waals surface area (Å²) in [5.41, 5.74) is 1.97. The third-order valence-corrected chi connectivity index (χ3v) is 8.89. The lowest BCUT2D eigenvalue weighted by Crippen LogP contribution is -2.47. The Labute approximate surface area is 299 Å². The van der Waals surface area contributed by atoms with E-state index in [9.17, 15) is 22.8 Å². The first kappa shape index (κ1) is 36.2. The fourth-order valence-electron chi connectivity index (χ4n) is 5.67. The smallest absolute Gasteiger partial charge is 0.416 e. The summed E-state index contributed by atoms with van der Waals surface area (Å²) in [6.07, 6.45) is 1.58. The number of fused-ring (bicyclic) bond motifs is 1. The van der Waals surface area contributed by atoms with E-state index in [1.165, 1.54) is 17.0 Å². The maximum atomic E-state index is 14.0. The largest absolute Gasteiger partial charge is 0.458 e. The van der Waals surface area contributed by atoms with E-state index in [4.69, 9.17) is 9.47 Å². The van der Waals surface area contributed by atoms with Gasteiger partial charge in [0, 0.05) is 45.1 Å². The van der Waals surface area contributed by atoms with Gasteiger partial charge in [-0.25, -0.2) is 19.6 Å². The fraction of sp³-hybridized carbons (Fsp3) is 0.278. The number of amides is 1. The Hall–Kier alpha value is -4.07. The van der Waals surface area contributed by atoms with Gasteiger partial charge < -0.3 is 9.47 Å². The minimum atomic E-state index is -4.59. The van der Waals surface area contributed by atoms with Crippen molar-refractivity contribution >= 4 is 55.7 Å². The number of carbonyl (C=O) groups is 2. The number of ether oxygens (including phenoxy) is 2. The average molecular weight is 802 g/mol. The second kappa shape index (κ2) is 16.1. The summed E-state index contributed by atoms with van der Waals surface area (Å²) in [5.74, 6) is -0.175. The minimum Gasteiger partial charge on any atom is -0.458 e. The molecule has 0 bridgehead atoms. The number of aromatic nitrogens is 2. The lowest BCUT2D eigenvalue weighted by Gasteiger charge is -2.41. The van der Waals surface area contributed by atoms with Crippen molar-refractivity contribution in [3.05, 3.63) is 128 Å². The number of halogens is 5. The highest BCUT2D eigenvalue weighted by molar-refractivity contribution is 9.11. The number of rotatable bonds is 10. The highest BCUT2D eigenvalue weighted by Gasteiger charge is 2.40. The number of nitrogens with one attached hydrogen (secondary N) is 1. The van der Waals surface area contributed by atoms with E-state index in [0.29, 0.717) is 35.5 Å². The molecule has 49 heavy (non-hydrogen) atoms. The zero-order valence-electron chi connectivity index (χ0n) is 26.6. The minimum absolute atomic E-state index is 0.126. The zero-order chi connectivity index (χ0) is 35.1. The molecule has 3 aromatic carbocycles. The Balaban J connectivity index is 1.47. The molecule has 0 radical (unpaired) electrons. The number of carbonyl (C=O) groups excluding carboxylic acids is 2. The Kier molecular flexibility index (Phi) is 11.9. The Morgan fingerprint density at radius 1 is 1.00 bits per heavy atom. The van der Waals surface area contributed by atoms with Crippen molar-refractivity contribution < 1.29 is 32.2 Å². The SMILES string of the molecule is CCOC(=O)N1c2ccc(C(F)(F)F)cc2[C@@H](NC(c2cc(Br)cc(Br)c2)c2ncc(C=CC(=O)OCc3ccccc3)cn2)C[C@H]1CC. The highest BCUT2D eigenvalue weighted by Crippen LogP contribution is 2.43. The highest BCUT2D eigenvalue weighted by atomic mass is 79.9. The maximum Gasteiger partial charge on any atom is 0.416 e. The van der Waals surface area contributed by atoms with Crippen molar-refractivity contribution in [3.8, 4) is 0 Å². The van der Waals surface area contributed by atoms with Gasteiger partial charge in [-0.2, -0.15) is 13.2 Å². The van der Waals surface area contributed by atoms with Crippen LogP contribution >= 0.6 is 31.9 Å². The second-order valence-corrected chi connectivity index (χ2v) is 13.1. The van der Waals surface area contributed by atoms with E-state index in [2.05, 4.69) is 47.1 Å². The van der Waals surface area contributed by atoms with Gasteiger partial charge in [-0.05, 0) is 78.9 Å². The van der Waals surface area contributed by atoms with Crippen LogP contribution in [0.5, 0.6) is 0 Å². The molecule has 0 fully saturated rings. The summed E-state index contributed by atoms with van der Waals surface area (Å²) in [6, 6.07) is 16.7. The fourth-order valence-corrected chi connectivity index (χ4v) is 6.99. The Morgan fingerprint density at radius 2 is 1.69 bits per heavy atom. The molecule has 0 spiro atoms. The first-order valence-electron chi connectivity index (χ1n) is 15.6. The van der Waals surface area contributed by atoms with Crippen LogP contribution in [0.4, 0.5) is 23.7 Å². The molecular formula is C36H33Br2F3N4O4. The number of alkyl halides is 3. The van der Waals surface area contributed by atoms with Gasteiger partial charge in [0.1, 0.15) is 12.4 Å². The summed E-state index contributed by atoms with van der Waals surface area (Å²) >= 11 is 7.07. The topological polar surface area (TPSA) is 93.7 Å². The normalized spacial score (nSPS) is 16.7. The molecule has 1 amide bonds. The first-order chi connectivity index (χ1) is 23.5. The van der Waals surface area contributed by atoms with Crippen LogP contribution in [0.2, 0.25) is 0 Å². The number of hydrogen-bond donors (Lipinski definition) is 1. The molecule has 1 N–H and O–H groups in total. The molecule has 256 valence electrons. The van der Waals surface area contributed by atoms with Crippen LogP contribution in [-0.2, 0) is 27.1 Å². The summed E-state index contributed by atoms with van der Waals surface area (Å²) in [7, 11) is 0. The van der Waals surface area contributed by atoms with Crippen LogP contribution in [0.15, 0.2) is 94.1 Å². The van der Waals surface area contributed by atoms with Gasteiger partial charge in [-0.1, -0.05) is 69.1 Å². The molecule has 2 heterocycles. The summed E-state index contributed by atoms with van der Waals surface area (Å²) in [6.45, 7) is 3.86. The summed E-state index contributed by atoms with van der Waals surface area (Å²) in [4.78, 5) is 36.0. The molecule has 3 atom stereocenters. The van der Waals surface area contributed by atoms with Crippen molar-refractivity contribution in [2.24, 2.45) is 0 Å². The molecule has 8 nitrogen and oxygen atoms in total. The van der Waals surface area contributed by atoms with Gasteiger partial charge in [-0.15, -0.1) is 0 Å². The maximum absolute atomic E-state index is 14.0. The quantitative estimate of drug-likeness (QED) is 0.126. The molecule has 4 aromatic rings. The van der Waals surface area contributed by atoms with Crippen molar-refractivity contribution in [1.29, 1.82) is 0 Å². The molecule has 1 aliphatic rings. The van der Waals surface area contributed by atoms with Gasteiger partial charge in [0.05, 0.1) is 23.9 Å². The molecule has 5 rings (SSSR count). The van der Waals surface area contributed by atoms with Crippen LogP contribution in [-0.4, -0.2) is 34.7 Å². The molecule has 1 aliphatic heterocycles. The predicted molar refractivity (Wildman–Crippen MR) is 187 cm³/mol. The lowest BCUT2D eigenvalue weighted by molar-refractivity contribution is -0.139. The zero-order valence-corrected chi connectivity index (χ0v) is 29.8. The summed E-state index contributed by atoms with van der Waals surface area (Å²) in [5, 5.41) is 3.53. The van der Waals surface area contributed by atoms with Crippen molar-refractivity contribution in [2.45, 2.75) is 57.6 Å². The molecular weight excluding hydrogens is 769 g/mol. The standard InChI is InChI=1S/C36H33Br2F3N4O4/c1-3-28-18-30(29-16-25(36(39,40)41)11-12-31(29)45(28)35(47)48-4-2)44-33(24-14-26(37)17-27(38)15-24)34-42-19-23(20-43-34)10-13-32(46)49-21-22-8-6-5-7-9-22/h5-17,19-20,28,30,33,44H,3-4,18,21H2,1-2H3/t28-,30+,33?/m1/s1. The van der Waals surface area contributed by atoms with Crippen LogP contribution < -0.4 is 10.2 Å². The van der Waals surface area contributed by atoms with Crippen molar-refractivity contribution in [3.63, 3.8) is 0 Å². The van der Waals surface area contributed by atoms with Crippen molar-refractivity contribution in [2.75, 3.05) is 11.5 Å². The lowest BCUT2D eigenvalue weighted by atomic mass is 9.87. The number of hydrogen-bond acceptors (Lipinski definition) is 7. The van der Waals surface area contributed by atoms with E-state index >= 15 is 0 Å². The molecule has 1 aromatic heterocycles. The monoisotopic (exact) mass is 800 g/mol. The van der Waals surface area contributed by atoms with Gasteiger partial charge in [0.2, 0.25) is 0 Å².